The summed E-state index contributed by atoms with van der Waals surface area (Å²) in [7, 11) is 4.80. The van der Waals surface area contributed by atoms with E-state index in [0.717, 1.165) is 42.6 Å². The number of ether oxygens (including phenoxy) is 3. The molecule has 4 nitrogen and oxygen atoms in total. The van der Waals surface area contributed by atoms with Crippen LogP contribution in [0.3, 0.4) is 0 Å². The highest BCUT2D eigenvalue weighted by Crippen LogP contribution is 2.60. The van der Waals surface area contributed by atoms with Gasteiger partial charge in [-0.25, -0.2) is 0 Å². The second-order valence-electron chi connectivity index (χ2n) is 8.32. The lowest BCUT2D eigenvalue weighted by Crippen LogP contribution is -2.49. The number of hydrogen-bond donors (Lipinski definition) is 0. The van der Waals surface area contributed by atoms with Crippen molar-refractivity contribution in [1.29, 1.82) is 0 Å². The minimum Gasteiger partial charge on any atom is -0.493 e. The molecule has 0 N–H and O–H groups in total. The summed E-state index contributed by atoms with van der Waals surface area (Å²) in [5, 5.41) is 0. The third-order valence-corrected chi connectivity index (χ3v) is 6.71. The first-order valence-corrected chi connectivity index (χ1v) is 9.60. The van der Waals surface area contributed by atoms with Gasteiger partial charge >= 0.3 is 0 Å². The molecule has 0 spiro atoms. The highest BCUT2D eigenvalue weighted by atomic mass is 16.5. The molecule has 0 amide bonds. The van der Waals surface area contributed by atoms with E-state index in [1.165, 1.54) is 19.3 Å². The Morgan fingerprint density at radius 2 is 1.50 bits per heavy atom. The van der Waals surface area contributed by atoms with E-state index in [0.29, 0.717) is 23.0 Å². The molecule has 26 heavy (non-hydrogen) atoms. The van der Waals surface area contributed by atoms with Crippen LogP contribution in [0.1, 0.15) is 44.1 Å². The molecule has 4 bridgehead atoms. The summed E-state index contributed by atoms with van der Waals surface area (Å²) in [5.74, 6) is 4.39. The van der Waals surface area contributed by atoms with Crippen molar-refractivity contribution in [1.82, 2.24) is 0 Å². The van der Waals surface area contributed by atoms with E-state index in [-0.39, 0.29) is 5.41 Å². The first kappa shape index (κ1) is 17.4. The molecule has 5 rings (SSSR count). The van der Waals surface area contributed by atoms with Gasteiger partial charge < -0.3 is 14.2 Å². The van der Waals surface area contributed by atoms with Crippen LogP contribution in [0.5, 0.6) is 17.2 Å². The molecule has 4 fully saturated rings. The zero-order chi connectivity index (χ0) is 18.3. The molecule has 0 aliphatic heterocycles. The summed E-state index contributed by atoms with van der Waals surface area (Å²) in [4.78, 5) is 13.2. The van der Waals surface area contributed by atoms with Gasteiger partial charge in [-0.2, -0.15) is 0 Å². The fraction of sp³-hybridized carbons (Fsp3) is 0.591. The number of carbonyl (C=O) groups is 1. The van der Waals surface area contributed by atoms with Crippen LogP contribution in [0.4, 0.5) is 0 Å². The van der Waals surface area contributed by atoms with Crippen molar-refractivity contribution in [3.8, 4) is 17.2 Å². The van der Waals surface area contributed by atoms with E-state index in [2.05, 4.69) is 0 Å². The van der Waals surface area contributed by atoms with E-state index in [1.807, 2.05) is 18.2 Å². The van der Waals surface area contributed by atoms with Crippen molar-refractivity contribution in [3.05, 3.63) is 23.8 Å². The Kier molecular flexibility index (Phi) is 4.45. The van der Waals surface area contributed by atoms with E-state index in [4.69, 9.17) is 14.2 Å². The molecule has 0 saturated heterocycles. The quantitative estimate of drug-likeness (QED) is 0.704. The Hall–Kier alpha value is -1.97. The minimum absolute atomic E-state index is 0.102. The topological polar surface area (TPSA) is 44.8 Å². The molecule has 1 aromatic carbocycles. The molecular formula is C22H28O4. The average molecular weight is 356 g/mol. The van der Waals surface area contributed by atoms with Gasteiger partial charge in [0.1, 0.15) is 0 Å². The lowest BCUT2D eigenvalue weighted by Gasteiger charge is -2.55. The number of ketones is 1. The van der Waals surface area contributed by atoms with Crippen LogP contribution in [0.25, 0.3) is 6.08 Å². The molecule has 4 aliphatic rings. The molecule has 1 aromatic rings. The van der Waals surface area contributed by atoms with Gasteiger partial charge in [0.2, 0.25) is 5.75 Å². The Bertz CT molecular complexity index is 699. The van der Waals surface area contributed by atoms with E-state index < -0.39 is 0 Å². The Morgan fingerprint density at radius 3 is 2.00 bits per heavy atom. The zero-order valence-electron chi connectivity index (χ0n) is 15.9. The van der Waals surface area contributed by atoms with Gasteiger partial charge in [0.25, 0.3) is 0 Å². The van der Waals surface area contributed by atoms with Crippen molar-refractivity contribution in [2.24, 2.45) is 23.2 Å². The molecular weight excluding hydrogens is 328 g/mol. The van der Waals surface area contributed by atoms with Gasteiger partial charge in [-0.3, -0.25) is 4.79 Å². The molecule has 4 saturated carbocycles. The molecule has 0 unspecified atom stereocenters. The van der Waals surface area contributed by atoms with Gasteiger partial charge in [0, 0.05) is 11.0 Å². The van der Waals surface area contributed by atoms with Gasteiger partial charge in [-0.15, -0.1) is 0 Å². The minimum atomic E-state index is -0.102. The molecule has 140 valence electrons. The summed E-state index contributed by atoms with van der Waals surface area (Å²) < 4.78 is 16.3. The van der Waals surface area contributed by atoms with Crippen LogP contribution in [-0.2, 0) is 4.79 Å². The molecule has 0 aromatic heterocycles. The second-order valence-corrected chi connectivity index (χ2v) is 8.32. The van der Waals surface area contributed by atoms with Crippen LogP contribution in [-0.4, -0.2) is 27.1 Å². The molecule has 4 heteroatoms. The highest BCUT2D eigenvalue weighted by molar-refractivity contribution is 5.98. The monoisotopic (exact) mass is 356 g/mol. The predicted molar refractivity (Wildman–Crippen MR) is 101 cm³/mol. The number of carbonyl (C=O) groups excluding carboxylic acids is 1. The third kappa shape index (κ3) is 2.80. The SMILES string of the molecule is COc1ccc(/C=C/C(=O)C23CC4CC(CC(C4)C2)C3)c(OC)c1OC. The molecule has 0 atom stereocenters. The van der Waals surface area contributed by atoms with Crippen molar-refractivity contribution < 1.29 is 19.0 Å². The maximum atomic E-state index is 13.2. The maximum absolute atomic E-state index is 13.2. The first-order valence-electron chi connectivity index (χ1n) is 9.60. The normalized spacial score (nSPS) is 32.0. The summed E-state index contributed by atoms with van der Waals surface area (Å²) >= 11 is 0. The van der Waals surface area contributed by atoms with Crippen molar-refractivity contribution >= 4 is 11.9 Å². The second kappa shape index (κ2) is 6.64. The fourth-order valence-electron chi connectivity index (χ4n) is 6.01. The van der Waals surface area contributed by atoms with Gasteiger partial charge in [-0.1, -0.05) is 0 Å². The number of benzene rings is 1. The summed E-state index contributed by atoms with van der Waals surface area (Å²) in [6.45, 7) is 0. The maximum Gasteiger partial charge on any atom is 0.203 e. The predicted octanol–water partition coefficient (Wildman–Crippen LogP) is 4.51. The Morgan fingerprint density at radius 1 is 0.923 bits per heavy atom. The van der Waals surface area contributed by atoms with E-state index >= 15 is 0 Å². The number of hydrogen-bond acceptors (Lipinski definition) is 4. The zero-order valence-corrected chi connectivity index (χ0v) is 15.9. The smallest absolute Gasteiger partial charge is 0.203 e. The largest absolute Gasteiger partial charge is 0.493 e. The van der Waals surface area contributed by atoms with Crippen LogP contribution < -0.4 is 14.2 Å². The van der Waals surface area contributed by atoms with E-state index in [1.54, 1.807) is 27.4 Å². The standard InChI is InChI=1S/C22H28O4/c1-24-18-6-4-17(20(25-2)21(18)26-3)5-7-19(23)22-11-14-8-15(12-22)10-16(9-14)13-22/h4-7,14-16H,8-13H2,1-3H3/b7-5+. The number of allylic oxidation sites excluding steroid dienone is 1. The molecule has 4 aliphatic carbocycles. The van der Waals surface area contributed by atoms with Crippen molar-refractivity contribution in [2.75, 3.05) is 21.3 Å². The Labute approximate surface area is 155 Å². The van der Waals surface area contributed by atoms with Crippen molar-refractivity contribution in [3.63, 3.8) is 0 Å². The lowest BCUT2D eigenvalue weighted by molar-refractivity contribution is -0.138. The van der Waals surface area contributed by atoms with Crippen molar-refractivity contribution in [2.45, 2.75) is 38.5 Å². The van der Waals surface area contributed by atoms with Crippen LogP contribution in [0, 0.1) is 23.2 Å². The van der Waals surface area contributed by atoms with Gasteiger partial charge in [0.15, 0.2) is 17.3 Å². The number of rotatable bonds is 6. The van der Waals surface area contributed by atoms with Crippen LogP contribution in [0.2, 0.25) is 0 Å². The third-order valence-electron chi connectivity index (χ3n) is 6.71. The summed E-state index contributed by atoms with van der Waals surface area (Å²) in [6.07, 6.45) is 11.0. The average Bonchev–Trinajstić information content (AvgIpc) is 2.63. The van der Waals surface area contributed by atoms with Crippen LogP contribution in [0.15, 0.2) is 18.2 Å². The lowest BCUT2D eigenvalue weighted by atomic mass is 9.48. The summed E-state index contributed by atoms with van der Waals surface area (Å²) in [6, 6.07) is 3.75. The molecule has 0 radical (unpaired) electrons. The summed E-state index contributed by atoms with van der Waals surface area (Å²) in [5.41, 5.74) is 0.734. The number of methoxy groups -OCH3 is 3. The molecule has 0 heterocycles. The van der Waals surface area contributed by atoms with Crippen LogP contribution >= 0.6 is 0 Å². The van der Waals surface area contributed by atoms with E-state index in [9.17, 15) is 4.79 Å². The van der Waals surface area contributed by atoms with Gasteiger partial charge in [0.05, 0.1) is 21.3 Å². The highest BCUT2D eigenvalue weighted by Gasteiger charge is 2.53. The fourth-order valence-corrected chi connectivity index (χ4v) is 6.01. The van der Waals surface area contributed by atoms with Gasteiger partial charge in [-0.05, 0) is 80.6 Å². The first-order chi connectivity index (χ1) is 12.6. The Balaban J connectivity index is 1.59.